The van der Waals surface area contributed by atoms with E-state index in [-0.39, 0.29) is 18.9 Å². The van der Waals surface area contributed by atoms with E-state index in [1.807, 2.05) is 24.3 Å². The monoisotopic (exact) mass is 423 g/mol. The van der Waals surface area contributed by atoms with Crippen LogP contribution < -0.4 is 25.2 Å². The lowest BCUT2D eigenvalue weighted by atomic mass is 10.0. The van der Waals surface area contributed by atoms with Crippen molar-refractivity contribution in [2.75, 3.05) is 24.7 Å². The molecule has 0 bridgehead atoms. The average molecular weight is 423 g/mol. The third-order valence-electron chi connectivity index (χ3n) is 5.45. The number of nitrogens with one attached hydrogen (secondary N) is 2. The number of rotatable bonds is 4. The number of hydrogen-bond acceptors (Lipinski definition) is 5. The van der Waals surface area contributed by atoms with E-state index in [1.165, 1.54) is 0 Å². The first-order valence-corrected chi connectivity index (χ1v) is 10.3. The maximum absolute atomic E-state index is 12.6. The van der Waals surface area contributed by atoms with E-state index in [2.05, 4.69) is 24.7 Å². The Hall–Kier alpha value is -3.55. The lowest BCUT2D eigenvalue weighted by Crippen LogP contribution is -2.45. The Balaban J connectivity index is 1.35. The molecule has 3 amide bonds. The molecule has 0 spiro atoms. The zero-order valence-electron chi connectivity index (χ0n) is 17.5. The molecule has 1 unspecified atom stereocenters. The van der Waals surface area contributed by atoms with Crippen molar-refractivity contribution in [3.05, 3.63) is 53.6 Å². The molecule has 8 nitrogen and oxygen atoms in total. The van der Waals surface area contributed by atoms with Gasteiger partial charge >= 0.3 is 0 Å². The molecule has 2 aliphatic rings. The Bertz CT molecular complexity index is 1020. The van der Waals surface area contributed by atoms with Gasteiger partial charge in [-0.2, -0.15) is 0 Å². The number of anilines is 1. The summed E-state index contributed by atoms with van der Waals surface area (Å²) in [7, 11) is 0. The highest BCUT2D eigenvalue weighted by Gasteiger charge is 2.35. The zero-order chi connectivity index (χ0) is 22.0. The number of fused-ring (bicyclic) bond motifs is 1. The minimum atomic E-state index is -0.546. The number of ether oxygens (including phenoxy) is 2. The van der Waals surface area contributed by atoms with Gasteiger partial charge in [0.25, 0.3) is 5.91 Å². The fraction of sp³-hybridized carbons (Fsp3) is 0.348. The van der Waals surface area contributed by atoms with Gasteiger partial charge in [-0.1, -0.05) is 26.0 Å². The molecule has 1 saturated heterocycles. The quantitative estimate of drug-likeness (QED) is 0.736. The van der Waals surface area contributed by atoms with Crippen molar-refractivity contribution in [3.63, 3.8) is 0 Å². The standard InChI is InChI=1S/C23H25N3O5/c1-14(2)15-4-3-5-18(10-15)26-13-17(12-21(26)27)23(29)25-24-22(28)16-6-7-19-20(11-16)31-9-8-30-19/h3-7,10-11,14,17H,8-9,12-13H2,1-2H3,(H,24,28)(H,25,29). The van der Waals surface area contributed by atoms with Gasteiger partial charge in [0.1, 0.15) is 13.2 Å². The highest BCUT2D eigenvalue weighted by molar-refractivity contribution is 6.01. The molecular formula is C23H25N3O5. The van der Waals surface area contributed by atoms with E-state index in [4.69, 9.17) is 9.47 Å². The first-order valence-electron chi connectivity index (χ1n) is 10.3. The van der Waals surface area contributed by atoms with E-state index in [1.54, 1.807) is 23.1 Å². The minimum absolute atomic E-state index is 0.0949. The lowest BCUT2D eigenvalue weighted by molar-refractivity contribution is -0.126. The Kier molecular flexibility index (Phi) is 5.79. The van der Waals surface area contributed by atoms with E-state index < -0.39 is 17.7 Å². The summed E-state index contributed by atoms with van der Waals surface area (Å²) in [5, 5.41) is 0. The van der Waals surface area contributed by atoms with Gasteiger partial charge < -0.3 is 14.4 Å². The van der Waals surface area contributed by atoms with Crippen LogP contribution in [0.25, 0.3) is 0 Å². The average Bonchev–Trinajstić information content (AvgIpc) is 3.18. The number of carbonyl (C=O) groups is 3. The predicted octanol–water partition coefficient (Wildman–Crippen LogP) is 2.40. The van der Waals surface area contributed by atoms with Crippen molar-refractivity contribution < 1.29 is 23.9 Å². The van der Waals surface area contributed by atoms with Gasteiger partial charge in [-0.3, -0.25) is 25.2 Å². The minimum Gasteiger partial charge on any atom is -0.486 e. The summed E-state index contributed by atoms with van der Waals surface area (Å²) in [5.74, 6) is -0.121. The second kappa shape index (κ2) is 8.67. The van der Waals surface area contributed by atoms with Gasteiger partial charge in [0, 0.05) is 24.2 Å². The molecule has 2 heterocycles. The third-order valence-corrected chi connectivity index (χ3v) is 5.45. The molecule has 0 aliphatic carbocycles. The summed E-state index contributed by atoms with van der Waals surface area (Å²) in [5.41, 5.74) is 7.09. The highest BCUT2D eigenvalue weighted by Crippen LogP contribution is 2.31. The largest absolute Gasteiger partial charge is 0.486 e. The van der Waals surface area contributed by atoms with Gasteiger partial charge in [-0.15, -0.1) is 0 Å². The van der Waals surface area contributed by atoms with Gasteiger partial charge in [-0.05, 0) is 41.8 Å². The van der Waals surface area contributed by atoms with Crippen molar-refractivity contribution in [3.8, 4) is 11.5 Å². The molecule has 2 aromatic carbocycles. The van der Waals surface area contributed by atoms with Gasteiger partial charge in [0.05, 0.1) is 5.92 Å². The predicted molar refractivity (Wildman–Crippen MR) is 114 cm³/mol. The van der Waals surface area contributed by atoms with Crippen LogP contribution in [0.2, 0.25) is 0 Å². The van der Waals surface area contributed by atoms with Gasteiger partial charge in [0.2, 0.25) is 11.8 Å². The van der Waals surface area contributed by atoms with Crippen LogP contribution in [0, 0.1) is 5.92 Å². The lowest BCUT2D eigenvalue weighted by Gasteiger charge is -2.19. The molecule has 1 atom stereocenters. The second-order valence-electron chi connectivity index (χ2n) is 7.96. The van der Waals surface area contributed by atoms with Crippen molar-refractivity contribution in [2.24, 2.45) is 5.92 Å². The molecular weight excluding hydrogens is 398 g/mol. The normalized spacial score (nSPS) is 17.6. The number of amides is 3. The Morgan fingerprint density at radius 2 is 1.81 bits per heavy atom. The van der Waals surface area contributed by atoms with E-state index in [0.29, 0.717) is 36.2 Å². The first-order chi connectivity index (χ1) is 14.9. The summed E-state index contributed by atoms with van der Waals surface area (Å²) in [6.45, 7) is 5.33. The summed E-state index contributed by atoms with van der Waals surface area (Å²) in [6.07, 6.45) is 0.0949. The van der Waals surface area contributed by atoms with Crippen LogP contribution in [0.1, 0.15) is 42.1 Å². The fourth-order valence-electron chi connectivity index (χ4n) is 3.66. The van der Waals surface area contributed by atoms with Crippen LogP contribution in [0.5, 0.6) is 11.5 Å². The van der Waals surface area contributed by atoms with Crippen molar-refractivity contribution in [2.45, 2.75) is 26.2 Å². The number of nitrogens with zero attached hydrogens (tertiary/aromatic N) is 1. The Labute approximate surface area is 180 Å². The fourth-order valence-corrected chi connectivity index (χ4v) is 3.66. The molecule has 0 saturated carbocycles. The molecule has 2 aromatic rings. The molecule has 0 aromatic heterocycles. The van der Waals surface area contributed by atoms with Crippen molar-refractivity contribution >= 4 is 23.4 Å². The van der Waals surface area contributed by atoms with Crippen LogP contribution in [-0.4, -0.2) is 37.5 Å². The van der Waals surface area contributed by atoms with Crippen molar-refractivity contribution in [1.29, 1.82) is 0 Å². The van der Waals surface area contributed by atoms with Crippen LogP contribution in [-0.2, 0) is 9.59 Å². The highest BCUT2D eigenvalue weighted by atomic mass is 16.6. The number of hydrogen-bond donors (Lipinski definition) is 2. The summed E-state index contributed by atoms with van der Waals surface area (Å²) in [4.78, 5) is 39.1. The summed E-state index contributed by atoms with van der Waals surface area (Å²) < 4.78 is 10.9. The topological polar surface area (TPSA) is 97.0 Å². The molecule has 31 heavy (non-hydrogen) atoms. The van der Waals surface area contributed by atoms with Crippen LogP contribution >= 0.6 is 0 Å². The maximum Gasteiger partial charge on any atom is 0.269 e. The first kappa shape index (κ1) is 20.7. The molecule has 8 heteroatoms. The second-order valence-corrected chi connectivity index (χ2v) is 7.96. The van der Waals surface area contributed by atoms with E-state index >= 15 is 0 Å². The number of benzene rings is 2. The number of carbonyl (C=O) groups excluding carboxylic acids is 3. The molecule has 4 rings (SSSR count). The molecule has 1 fully saturated rings. The van der Waals surface area contributed by atoms with E-state index in [0.717, 1.165) is 11.3 Å². The SMILES string of the molecule is CC(C)c1cccc(N2CC(C(=O)NNC(=O)c3ccc4c(c3)OCCO4)CC2=O)c1. The van der Waals surface area contributed by atoms with Gasteiger partial charge in [-0.25, -0.2) is 0 Å². The van der Waals surface area contributed by atoms with Crippen LogP contribution in [0.3, 0.4) is 0 Å². The molecule has 2 aliphatic heterocycles. The van der Waals surface area contributed by atoms with Crippen LogP contribution in [0.4, 0.5) is 5.69 Å². The Morgan fingerprint density at radius 1 is 1.03 bits per heavy atom. The molecule has 0 radical (unpaired) electrons. The summed E-state index contributed by atoms with van der Waals surface area (Å²) >= 11 is 0. The van der Waals surface area contributed by atoms with Crippen molar-refractivity contribution in [1.82, 2.24) is 10.9 Å². The van der Waals surface area contributed by atoms with E-state index in [9.17, 15) is 14.4 Å². The van der Waals surface area contributed by atoms with Gasteiger partial charge in [0.15, 0.2) is 11.5 Å². The third kappa shape index (κ3) is 4.47. The Morgan fingerprint density at radius 3 is 2.58 bits per heavy atom. The number of hydrazine groups is 1. The maximum atomic E-state index is 12.6. The van der Waals surface area contributed by atoms with Crippen LogP contribution in [0.15, 0.2) is 42.5 Å². The molecule has 2 N–H and O–H groups in total. The molecule has 162 valence electrons. The smallest absolute Gasteiger partial charge is 0.269 e. The summed E-state index contributed by atoms with van der Waals surface area (Å²) in [6, 6.07) is 12.6. The zero-order valence-corrected chi connectivity index (χ0v) is 17.5.